The van der Waals surface area contributed by atoms with E-state index in [4.69, 9.17) is 0 Å². The fourth-order valence-corrected chi connectivity index (χ4v) is 2.52. The van der Waals surface area contributed by atoms with Gasteiger partial charge in [-0.1, -0.05) is 36.4 Å². The van der Waals surface area contributed by atoms with E-state index in [1.54, 1.807) is 0 Å². The number of hydrogen-bond acceptors (Lipinski definition) is 2. The van der Waals surface area contributed by atoms with Crippen LogP contribution in [0.1, 0.15) is 21.5 Å². The molecule has 0 atom stereocenters. The van der Waals surface area contributed by atoms with E-state index < -0.39 is 0 Å². The Labute approximate surface area is 136 Å². The first-order valence-electron chi connectivity index (χ1n) is 7.65. The smallest absolute Gasteiger partial charge is 0.231 e. The van der Waals surface area contributed by atoms with E-state index in [9.17, 15) is 4.79 Å². The van der Waals surface area contributed by atoms with E-state index in [1.165, 1.54) is 0 Å². The molecule has 0 saturated carbocycles. The molecule has 2 heterocycles. The minimum absolute atomic E-state index is 0.0922. The molecule has 0 unspecified atom stereocenters. The van der Waals surface area contributed by atoms with Crippen LogP contribution >= 0.6 is 0 Å². The zero-order valence-corrected chi connectivity index (χ0v) is 13.4. The van der Waals surface area contributed by atoms with Gasteiger partial charge in [0.05, 0.1) is 0 Å². The van der Waals surface area contributed by atoms with Crippen molar-refractivity contribution in [2.75, 3.05) is 0 Å². The molecule has 0 bridgehead atoms. The highest BCUT2D eigenvalue weighted by atomic mass is 16.1. The van der Waals surface area contributed by atoms with Crippen LogP contribution in [0.2, 0.25) is 0 Å². The lowest BCUT2D eigenvalue weighted by molar-refractivity contribution is -0.672. The Morgan fingerprint density at radius 1 is 0.957 bits per heavy atom. The molecule has 0 fully saturated rings. The van der Waals surface area contributed by atoms with Crippen molar-refractivity contribution in [3.63, 3.8) is 0 Å². The number of benzene rings is 1. The number of pyridine rings is 2. The number of hydrogen-bond donors (Lipinski definition) is 0. The van der Waals surface area contributed by atoms with Gasteiger partial charge in [0.2, 0.25) is 18.0 Å². The van der Waals surface area contributed by atoms with Gasteiger partial charge in [-0.2, -0.15) is 4.57 Å². The summed E-state index contributed by atoms with van der Waals surface area (Å²) in [5.74, 6) is 0.0922. The second kappa shape index (κ2) is 6.53. The standard InChI is InChI=1S/C20H19N2O/c1-15-8-10-18(21-12-15)19-11-9-16(2)13-22(19)14-20(23)17-6-4-3-5-7-17/h3-13H,14H2,1-2H3/q+1. The topological polar surface area (TPSA) is 33.8 Å². The molecule has 0 radical (unpaired) electrons. The molecule has 3 rings (SSSR count). The summed E-state index contributed by atoms with van der Waals surface area (Å²) in [6.45, 7) is 4.34. The Kier molecular flexibility index (Phi) is 4.29. The Morgan fingerprint density at radius 2 is 1.70 bits per heavy atom. The molecule has 0 aliphatic heterocycles. The maximum atomic E-state index is 12.5. The monoisotopic (exact) mass is 303 g/mol. The first-order chi connectivity index (χ1) is 11.1. The molecule has 3 aromatic rings. The zero-order chi connectivity index (χ0) is 16.2. The molecule has 0 spiro atoms. The summed E-state index contributed by atoms with van der Waals surface area (Å²) in [5, 5.41) is 0. The Bertz CT molecular complexity index is 824. The number of aryl methyl sites for hydroxylation is 2. The van der Waals surface area contributed by atoms with Crippen molar-refractivity contribution in [1.82, 2.24) is 4.98 Å². The fraction of sp³-hybridized carbons (Fsp3) is 0.150. The Balaban J connectivity index is 1.97. The van der Waals surface area contributed by atoms with Crippen LogP contribution in [0.4, 0.5) is 0 Å². The van der Waals surface area contributed by atoms with Gasteiger partial charge < -0.3 is 0 Å². The molecular formula is C20H19N2O+. The van der Waals surface area contributed by atoms with Crippen LogP contribution in [0.25, 0.3) is 11.4 Å². The van der Waals surface area contributed by atoms with E-state index in [-0.39, 0.29) is 5.78 Å². The van der Waals surface area contributed by atoms with Gasteiger partial charge >= 0.3 is 0 Å². The lowest BCUT2D eigenvalue weighted by atomic mass is 10.1. The molecule has 0 amide bonds. The van der Waals surface area contributed by atoms with Crippen LogP contribution in [0.3, 0.4) is 0 Å². The molecular weight excluding hydrogens is 284 g/mol. The number of Topliss-reactive ketones (excluding diaryl/α,β-unsaturated/α-hetero) is 1. The predicted octanol–water partition coefficient (Wildman–Crippen LogP) is 3.54. The summed E-state index contributed by atoms with van der Waals surface area (Å²) >= 11 is 0. The van der Waals surface area contributed by atoms with E-state index >= 15 is 0 Å². The number of nitrogens with zero attached hydrogens (tertiary/aromatic N) is 2. The zero-order valence-electron chi connectivity index (χ0n) is 13.4. The van der Waals surface area contributed by atoms with Gasteiger partial charge in [0.25, 0.3) is 0 Å². The van der Waals surface area contributed by atoms with Gasteiger partial charge in [-0.3, -0.25) is 4.79 Å². The highest BCUT2D eigenvalue weighted by Gasteiger charge is 2.19. The highest BCUT2D eigenvalue weighted by Crippen LogP contribution is 2.14. The molecule has 0 aliphatic rings. The molecule has 2 aromatic heterocycles. The van der Waals surface area contributed by atoms with Crippen LogP contribution in [-0.4, -0.2) is 10.8 Å². The van der Waals surface area contributed by atoms with E-state index in [0.29, 0.717) is 6.54 Å². The number of ketones is 1. The molecule has 0 aliphatic carbocycles. The largest absolute Gasteiger partial charge is 0.287 e. The van der Waals surface area contributed by atoms with Crippen LogP contribution in [0, 0.1) is 13.8 Å². The number of aromatic nitrogens is 2. The summed E-state index contributed by atoms with van der Waals surface area (Å²) < 4.78 is 1.97. The maximum absolute atomic E-state index is 12.5. The number of carbonyl (C=O) groups excluding carboxylic acids is 1. The third-order valence-electron chi connectivity index (χ3n) is 3.76. The van der Waals surface area contributed by atoms with Gasteiger partial charge in [-0.25, -0.2) is 4.98 Å². The lowest BCUT2D eigenvalue weighted by Crippen LogP contribution is -2.40. The molecule has 1 aromatic carbocycles. The van der Waals surface area contributed by atoms with E-state index in [0.717, 1.165) is 28.1 Å². The van der Waals surface area contributed by atoms with Crippen molar-refractivity contribution < 1.29 is 9.36 Å². The van der Waals surface area contributed by atoms with Crippen LogP contribution in [0.15, 0.2) is 67.0 Å². The minimum atomic E-state index is 0.0922. The summed E-state index contributed by atoms with van der Waals surface area (Å²) in [4.78, 5) is 17.0. The Morgan fingerprint density at radius 3 is 2.39 bits per heavy atom. The van der Waals surface area contributed by atoms with Crippen LogP contribution in [-0.2, 0) is 6.54 Å². The van der Waals surface area contributed by atoms with E-state index in [1.807, 2.05) is 85.4 Å². The SMILES string of the molecule is Cc1ccc(-c2ccc(C)c[n+]2CC(=O)c2ccccc2)nc1. The van der Waals surface area contributed by atoms with Gasteiger partial charge in [0, 0.05) is 23.4 Å². The minimum Gasteiger partial charge on any atom is -0.287 e. The van der Waals surface area contributed by atoms with Crippen molar-refractivity contribution in [2.45, 2.75) is 20.4 Å². The van der Waals surface area contributed by atoms with Crippen molar-refractivity contribution in [3.05, 3.63) is 83.7 Å². The average molecular weight is 303 g/mol. The van der Waals surface area contributed by atoms with Crippen molar-refractivity contribution in [3.8, 4) is 11.4 Å². The summed E-state index contributed by atoms with van der Waals surface area (Å²) in [5.41, 5.74) is 4.77. The first kappa shape index (κ1) is 15.1. The van der Waals surface area contributed by atoms with Crippen molar-refractivity contribution >= 4 is 5.78 Å². The second-order valence-corrected chi connectivity index (χ2v) is 5.73. The fourth-order valence-electron chi connectivity index (χ4n) is 2.52. The first-order valence-corrected chi connectivity index (χ1v) is 7.65. The van der Waals surface area contributed by atoms with Crippen LogP contribution < -0.4 is 4.57 Å². The molecule has 23 heavy (non-hydrogen) atoms. The molecule has 3 nitrogen and oxygen atoms in total. The van der Waals surface area contributed by atoms with E-state index in [2.05, 4.69) is 4.98 Å². The summed E-state index contributed by atoms with van der Waals surface area (Å²) in [6, 6.07) is 17.5. The third kappa shape index (κ3) is 3.51. The number of rotatable bonds is 4. The van der Waals surface area contributed by atoms with Crippen molar-refractivity contribution in [1.29, 1.82) is 0 Å². The van der Waals surface area contributed by atoms with Crippen LogP contribution in [0.5, 0.6) is 0 Å². The van der Waals surface area contributed by atoms with Gasteiger partial charge in [-0.05, 0) is 31.5 Å². The summed E-state index contributed by atoms with van der Waals surface area (Å²) in [7, 11) is 0. The molecule has 114 valence electrons. The highest BCUT2D eigenvalue weighted by molar-refractivity contribution is 5.95. The molecule has 0 saturated heterocycles. The average Bonchev–Trinajstić information content (AvgIpc) is 2.57. The maximum Gasteiger partial charge on any atom is 0.231 e. The normalized spacial score (nSPS) is 10.5. The third-order valence-corrected chi connectivity index (χ3v) is 3.76. The van der Waals surface area contributed by atoms with Gasteiger partial charge in [0.1, 0.15) is 5.69 Å². The van der Waals surface area contributed by atoms with Gasteiger partial charge in [0.15, 0.2) is 6.20 Å². The lowest BCUT2D eigenvalue weighted by Gasteiger charge is -2.05. The quantitative estimate of drug-likeness (QED) is 0.546. The second-order valence-electron chi connectivity index (χ2n) is 5.73. The van der Waals surface area contributed by atoms with Gasteiger partial charge in [-0.15, -0.1) is 0 Å². The number of carbonyl (C=O) groups is 1. The molecule has 3 heteroatoms. The molecule has 0 N–H and O–H groups in total. The van der Waals surface area contributed by atoms with Crippen molar-refractivity contribution in [2.24, 2.45) is 0 Å². The summed E-state index contributed by atoms with van der Waals surface area (Å²) in [6.07, 6.45) is 3.84. The predicted molar refractivity (Wildman–Crippen MR) is 90.1 cm³/mol. The Hall–Kier alpha value is -2.81.